The number of sulfone groups is 1. The van der Waals surface area contributed by atoms with Crippen LogP contribution < -0.4 is 0 Å². The highest BCUT2D eigenvalue weighted by Crippen LogP contribution is 2.06. The van der Waals surface area contributed by atoms with Gasteiger partial charge in [-0.05, 0) is 23.3 Å². The average Bonchev–Trinajstić information content (AvgIpc) is 2.59. The van der Waals surface area contributed by atoms with Crippen LogP contribution in [0.1, 0.15) is 11.1 Å². The monoisotopic (exact) mass is 326 g/mol. The second-order valence-electron chi connectivity index (χ2n) is 4.63. The lowest BCUT2D eigenvalue weighted by atomic mass is 10.2. The molecule has 0 unspecified atom stereocenters. The van der Waals surface area contributed by atoms with E-state index < -0.39 is 20.1 Å². The fraction of sp³-hybridized carbons (Fsp3) is 0. The van der Waals surface area contributed by atoms with E-state index in [0.29, 0.717) is 11.1 Å². The van der Waals surface area contributed by atoms with Crippen molar-refractivity contribution in [1.29, 1.82) is 0 Å². The van der Waals surface area contributed by atoms with Gasteiger partial charge in [-0.25, -0.2) is 8.42 Å². The van der Waals surface area contributed by atoms with Crippen molar-refractivity contribution in [3.05, 3.63) is 83.9 Å². The normalized spacial score (nSPS) is 11.8. The van der Waals surface area contributed by atoms with Crippen molar-refractivity contribution in [2.24, 2.45) is 0 Å². The lowest BCUT2D eigenvalue weighted by Crippen LogP contribution is -2.20. The van der Waals surface area contributed by atoms with E-state index in [9.17, 15) is 18.0 Å². The fourth-order valence-electron chi connectivity index (χ4n) is 1.74. The Balaban J connectivity index is 2.11. The van der Waals surface area contributed by atoms with E-state index in [4.69, 9.17) is 0 Å². The highest BCUT2D eigenvalue weighted by molar-refractivity contribution is 8.19. The van der Waals surface area contributed by atoms with Gasteiger partial charge in [0.2, 0.25) is 0 Å². The summed E-state index contributed by atoms with van der Waals surface area (Å²) in [5, 5.41) is -2.46. The summed E-state index contributed by atoms with van der Waals surface area (Å²) in [7, 11) is -4.53. The lowest BCUT2D eigenvalue weighted by molar-refractivity contribution is -0.110. The van der Waals surface area contributed by atoms with E-state index in [1.165, 1.54) is 12.2 Å². The third kappa shape index (κ3) is 4.59. The highest BCUT2D eigenvalue weighted by atomic mass is 32.2. The second kappa shape index (κ2) is 7.47. The molecule has 2 aromatic carbocycles. The Morgan fingerprint density at radius 2 is 1.00 bits per heavy atom. The molecular formula is C18H14O4S. The van der Waals surface area contributed by atoms with E-state index in [1.54, 1.807) is 60.7 Å². The molecule has 23 heavy (non-hydrogen) atoms. The molecule has 0 radical (unpaired) electrons. The van der Waals surface area contributed by atoms with Gasteiger partial charge in [0.05, 0.1) is 0 Å². The zero-order valence-corrected chi connectivity index (χ0v) is 12.9. The molecule has 0 aliphatic carbocycles. The SMILES string of the molecule is O=C(C=Cc1ccccc1)S(=O)(=O)C(=O)C=Cc1ccccc1. The fourth-order valence-corrected chi connectivity index (χ4v) is 2.43. The van der Waals surface area contributed by atoms with Crippen LogP contribution in [-0.4, -0.2) is 18.6 Å². The molecule has 0 atom stereocenters. The van der Waals surface area contributed by atoms with Crippen LogP contribution in [0.3, 0.4) is 0 Å². The van der Waals surface area contributed by atoms with E-state index in [1.807, 2.05) is 0 Å². The van der Waals surface area contributed by atoms with Gasteiger partial charge >= 0.3 is 0 Å². The van der Waals surface area contributed by atoms with Crippen molar-refractivity contribution >= 4 is 32.2 Å². The van der Waals surface area contributed by atoms with Gasteiger partial charge in [0.1, 0.15) is 0 Å². The Bertz CT molecular complexity index is 781. The Morgan fingerprint density at radius 1 is 0.652 bits per heavy atom. The highest BCUT2D eigenvalue weighted by Gasteiger charge is 2.26. The third-order valence-electron chi connectivity index (χ3n) is 2.95. The van der Waals surface area contributed by atoms with Crippen molar-refractivity contribution in [1.82, 2.24) is 0 Å². The van der Waals surface area contributed by atoms with Gasteiger partial charge < -0.3 is 0 Å². The maximum absolute atomic E-state index is 11.9. The molecule has 0 fully saturated rings. The Kier molecular flexibility index (Phi) is 5.38. The molecule has 0 aliphatic heterocycles. The van der Waals surface area contributed by atoms with Crippen molar-refractivity contribution < 1.29 is 18.0 Å². The minimum atomic E-state index is -4.53. The molecule has 0 bridgehead atoms. The zero-order chi connectivity index (χ0) is 16.7. The summed E-state index contributed by atoms with van der Waals surface area (Å²) in [4.78, 5) is 23.5. The van der Waals surface area contributed by atoms with E-state index in [-0.39, 0.29) is 0 Å². The molecule has 0 N–H and O–H groups in total. The average molecular weight is 326 g/mol. The second-order valence-corrected chi connectivity index (χ2v) is 6.44. The van der Waals surface area contributed by atoms with Gasteiger partial charge in [-0.1, -0.05) is 72.8 Å². The van der Waals surface area contributed by atoms with Gasteiger partial charge in [-0.2, -0.15) is 0 Å². The first-order valence-electron chi connectivity index (χ1n) is 6.79. The predicted octanol–water partition coefficient (Wildman–Crippen LogP) is 2.88. The van der Waals surface area contributed by atoms with Crippen LogP contribution in [0, 0.1) is 0 Å². The van der Waals surface area contributed by atoms with Crippen LogP contribution in [0.25, 0.3) is 12.2 Å². The largest absolute Gasteiger partial charge is 0.281 e. The molecule has 0 heterocycles. The number of hydrogen-bond donors (Lipinski definition) is 0. The summed E-state index contributed by atoms with van der Waals surface area (Å²) in [5.74, 6) is 0. The number of rotatable bonds is 4. The maximum atomic E-state index is 11.9. The molecule has 0 saturated carbocycles. The third-order valence-corrected chi connectivity index (χ3v) is 4.28. The molecule has 0 amide bonds. The summed E-state index contributed by atoms with van der Waals surface area (Å²) >= 11 is 0. The first kappa shape index (κ1) is 16.6. The lowest BCUT2D eigenvalue weighted by Gasteiger charge is -1.96. The van der Waals surface area contributed by atoms with Gasteiger partial charge in [0.15, 0.2) is 0 Å². The summed E-state index contributed by atoms with van der Waals surface area (Å²) in [5.41, 5.74) is 1.34. The van der Waals surface area contributed by atoms with Gasteiger partial charge in [-0.15, -0.1) is 0 Å². The molecule has 2 aromatic rings. The van der Waals surface area contributed by atoms with E-state index >= 15 is 0 Å². The van der Waals surface area contributed by atoms with E-state index in [2.05, 4.69) is 0 Å². The topological polar surface area (TPSA) is 68.3 Å². The standard InChI is InChI=1S/C18H14O4S/c19-17(13-11-15-7-3-1-4-8-15)23(21,22)18(20)14-12-16-9-5-2-6-10-16/h1-14H. The maximum Gasteiger partial charge on any atom is 0.281 e. The van der Waals surface area contributed by atoms with Crippen molar-refractivity contribution in [3.63, 3.8) is 0 Å². The number of carbonyl (C=O) groups is 2. The molecule has 4 nitrogen and oxygen atoms in total. The van der Waals surface area contributed by atoms with Gasteiger partial charge in [0.25, 0.3) is 20.1 Å². The van der Waals surface area contributed by atoms with Crippen LogP contribution in [0.5, 0.6) is 0 Å². The summed E-state index contributed by atoms with van der Waals surface area (Å²) in [6.45, 7) is 0. The Morgan fingerprint density at radius 3 is 1.35 bits per heavy atom. The van der Waals surface area contributed by atoms with Crippen LogP contribution in [0.2, 0.25) is 0 Å². The van der Waals surface area contributed by atoms with Crippen LogP contribution >= 0.6 is 0 Å². The van der Waals surface area contributed by atoms with Crippen LogP contribution in [0.15, 0.2) is 72.8 Å². The predicted molar refractivity (Wildman–Crippen MR) is 89.9 cm³/mol. The Labute approximate surface area is 134 Å². The molecule has 0 saturated heterocycles. The van der Waals surface area contributed by atoms with Crippen molar-refractivity contribution in [3.8, 4) is 0 Å². The molecule has 2 rings (SSSR count). The number of benzene rings is 2. The smallest absolute Gasteiger partial charge is 0.276 e. The minimum Gasteiger partial charge on any atom is -0.276 e. The van der Waals surface area contributed by atoms with Crippen LogP contribution in [0.4, 0.5) is 0 Å². The molecule has 116 valence electrons. The number of hydrogen-bond acceptors (Lipinski definition) is 4. The molecule has 0 aliphatic rings. The van der Waals surface area contributed by atoms with Gasteiger partial charge in [-0.3, -0.25) is 9.59 Å². The summed E-state index contributed by atoms with van der Waals surface area (Å²) in [6.07, 6.45) is 4.49. The molecule has 0 spiro atoms. The van der Waals surface area contributed by atoms with Gasteiger partial charge in [0, 0.05) is 0 Å². The summed E-state index contributed by atoms with van der Waals surface area (Å²) in [6, 6.07) is 17.5. The van der Waals surface area contributed by atoms with Crippen molar-refractivity contribution in [2.45, 2.75) is 0 Å². The minimum absolute atomic E-state index is 0.670. The molecule has 5 heteroatoms. The summed E-state index contributed by atoms with van der Waals surface area (Å²) < 4.78 is 23.7. The first-order valence-corrected chi connectivity index (χ1v) is 8.28. The van der Waals surface area contributed by atoms with Crippen molar-refractivity contribution in [2.75, 3.05) is 0 Å². The molecule has 0 aromatic heterocycles. The van der Waals surface area contributed by atoms with Crippen LogP contribution in [-0.2, 0) is 19.4 Å². The van der Waals surface area contributed by atoms with E-state index in [0.717, 1.165) is 12.2 Å². The Hall–Kier alpha value is -2.79. The molecular weight excluding hydrogens is 312 g/mol. The zero-order valence-electron chi connectivity index (χ0n) is 12.1. The quantitative estimate of drug-likeness (QED) is 0.810. The first-order chi connectivity index (χ1) is 11.0. The number of carbonyl (C=O) groups excluding carboxylic acids is 2.